The van der Waals surface area contributed by atoms with Gasteiger partial charge >= 0.3 is 0 Å². The number of hydrogen-bond acceptors (Lipinski definition) is 8. The number of hydrogen-bond donors (Lipinski definition) is 0. The zero-order chi connectivity index (χ0) is 23.3. The maximum atomic E-state index is 5.87. The fourth-order valence-corrected chi connectivity index (χ4v) is 4.94. The van der Waals surface area contributed by atoms with Crippen molar-refractivity contribution in [3.63, 3.8) is 0 Å². The lowest BCUT2D eigenvalue weighted by molar-refractivity contribution is 0.0906. The molecule has 0 N–H and O–H groups in total. The summed E-state index contributed by atoms with van der Waals surface area (Å²) >= 11 is 0. The second-order valence-electron chi connectivity index (χ2n) is 8.72. The Morgan fingerprint density at radius 1 is 1.00 bits per heavy atom. The van der Waals surface area contributed by atoms with Crippen molar-refractivity contribution in [2.45, 2.75) is 31.5 Å². The highest BCUT2D eigenvalue weighted by Gasteiger charge is 2.33. The van der Waals surface area contributed by atoms with E-state index in [1.807, 2.05) is 35.0 Å². The molecule has 180 valence electrons. The number of anilines is 1. The standard InChI is InChI=1S/C25H32N6O3/c1-32-20-11-9-19(10-12-20)29-13-15-30(16-14-29)24(22-7-3-4-8-23(22)33-2)25-26-27-28-31(25)18-21-6-5-17-34-21/h3-4,7-12,21,24H,5-6,13-18H2,1-2H3/t21-,24+/m1/s1. The molecule has 0 amide bonds. The van der Waals surface area contributed by atoms with Gasteiger partial charge in [-0.3, -0.25) is 4.90 Å². The van der Waals surface area contributed by atoms with Gasteiger partial charge in [-0.1, -0.05) is 18.2 Å². The monoisotopic (exact) mass is 464 g/mol. The topological polar surface area (TPSA) is 77.8 Å². The third-order valence-electron chi connectivity index (χ3n) is 6.76. The number of benzene rings is 2. The Bertz CT molecular complexity index is 1060. The van der Waals surface area contributed by atoms with Crippen LogP contribution in [0.25, 0.3) is 0 Å². The molecule has 0 saturated carbocycles. The first-order valence-electron chi connectivity index (χ1n) is 11.9. The van der Waals surface area contributed by atoms with Crippen LogP contribution >= 0.6 is 0 Å². The van der Waals surface area contributed by atoms with Crippen LogP contribution in [-0.4, -0.2) is 78.2 Å². The normalized spacial score (nSPS) is 19.8. The first kappa shape index (κ1) is 22.6. The highest BCUT2D eigenvalue weighted by molar-refractivity contribution is 5.49. The van der Waals surface area contributed by atoms with Crippen LogP contribution in [0.15, 0.2) is 48.5 Å². The lowest BCUT2D eigenvalue weighted by Crippen LogP contribution is -2.48. The van der Waals surface area contributed by atoms with Crippen LogP contribution in [0.5, 0.6) is 11.5 Å². The van der Waals surface area contributed by atoms with Gasteiger partial charge in [0.15, 0.2) is 5.82 Å². The molecule has 2 atom stereocenters. The van der Waals surface area contributed by atoms with Crippen molar-refractivity contribution in [1.29, 1.82) is 0 Å². The first-order valence-corrected chi connectivity index (χ1v) is 11.9. The van der Waals surface area contributed by atoms with Crippen molar-refractivity contribution in [2.24, 2.45) is 0 Å². The predicted octanol–water partition coefficient (Wildman–Crippen LogP) is 2.78. The fourth-order valence-electron chi connectivity index (χ4n) is 4.94. The van der Waals surface area contributed by atoms with Crippen LogP contribution in [0.3, 0.4) is 0 Å². The molecular formula is C25H32N6O3. The van der Waals surface area contributed by atoms with E-state index in [1.54, 1.807) is 14.2 Å². The summed E-state index contributed by atoms with van der Waals surface area (Å²) in [4.78, 5) is 4.86. The van der Waals surface area contributed by atoms with Gasteiger partial charge < -0.3 is 19.1 Å². The van der Waals surface area contributed by atoms with Crippen LogP contribution < -0.4 is 14.4 Å². The zero-order valence-corrected chi connectivity index (χ0v) is 19.8. The Labute approximate surface area is 200 Å². The molecule has 34 heavy (non-hydrogen) atoms. The van der Waals surface area contributed by atoms with Gasteiger partial charge in [0.1, 0.15) is 17.5 Å². The molecule has 0 aliphatic carbocycles. The average molecular weight is 465 g/mol. The predicted molar refractivity (Wildman–Crippen MR) is 128 cm³/mol. The SMILES string of the molecule is COc1ccc(N2CCN([C@@H](c3ccccc3OC)c3nnnn3C[C@H]3CCCO3)CC2)cc1. The Balaban J connectivity index is 1.40. The third kappa shape index (κ3) is 4.71. The van der Waals surface area contributed by atoms with Gasteiger partial charge in [0.25, 0.3) is 0 Å². The summed E-state index contributed by atoms with van der Waals surface area (Å²) in [5.74, 6) is 2.55. The molecule has 2 aromatic carbocycles. The van der Waals surface area contributed by atoms with Crippen molar-refractivity contribution < 1.29 is 14.2 Å². The van der Waals surface area contributed by atoms with E-state index in [0.717, 1.165) is 68.5 Å². The maximum Gasteiger partial charge on any atom is 0.173 e. The van der Waals surface area contributed by atoms with E-state index in [-0.39, 0.29) is 12.1 Å². The van der Waals surface area contributed by atoms with E-state index >= 15 is 0 Å². The van der Waals surface area contributed by atoms with Crippen molar-refractivity contribution in [1.82, 2.24) is 25.1 Å². The second-order valence-corrected chi connectivity index (χ2v) is 8.72. The zero-order valence-electron chi connectivity index (χ0n) is 19.8. The van der Waals surface area contributed by atoms with Crippen LogP contribution in [0.2, 0.25) is 0 Å². The van der Waals surface area contributed by atoms with Crippen molar-refractivity contribution in [3.05, 3.63) is 59.9 Å². The summed E-state index contributed by atoms with van der Waals surface area (Å²) in [5.41, 5.74) is 2.28. The van der Waals surface area contributed by atoms with Gasteiger partial charge in [-0.25, -0.2) is 4.68 Å². The van der Waals surface area contributed by atoms with Crippen molar-refractivity contribution >= 4 is 5.69 Å². The van der Waals surface area contributed by atoms with E-state index in [9.17, 15) is 0 Å². The minimum atomic E-state index is -0.106. The number of aromatic nitrogens is 4. The second kappa shape index (κ2) is 10.4. The number of nitrogens with zero attached hydrogens (tertiary/aromatic N) is 6. The molecule has 2 saturated heterocycles. The van der Waals surface area contributed by atoms with Gasteiger partial charge in [0.2, 0.25) is 0 Å². The average Bonchev–Trinajstić information content (AvgIpc) is 3.58. The molecule has 1 aromatic heterocycles. The molecule has 0 unspecified atom stereocenters. The molecule has 0 radical (unpaired) electrons. The van der Waals surface area contributed by atoms with Crippen LogP contribution in [-0.2, 0) is 11.3 Å². The van der Waals surface area contributed by atoms with E-state index in [2.05, 4.69) is 43.5 Å². The van der Waals surface area contributed by atoms with Crippen LogP contribution in [0.1, 0.15) is 30.3 Å². The Hall–Kier alpha value is -3.17. The molecule has 3 heterocycles. The summed E-state index contributed by atoms with van der Waals surface area (Å²) in [6.07, 6.45) is 2.29. The quantitative estimate of drug-likeness (QED) is 0.504. The fraction of sp³-hybridized carbons (Fsp3) is 0.480. The number of tetrazole rings is 1. The molecule has 3 aromatic rings. The molecular weight excluding hydrogens is 432 g/mol. The Kier molecular flexibility index (Phi) is 6.92. The maximum absolute atomic E-state index is 5.87. The molecule has 0 spiro atoms. The lowest BCUT2D eigenvalue weighted by Gasteiger charge is -2.40. The summed E-state index contributed by atoms with van der Waals surface area (Å²) < 4.78 is 18.8. The highest BCUT2D eigenvalue weighted by Crippen LogP contribution is 2.35. The van der Waals surface area contributed by atoms with Gasteiger partial charge in [-0.05, 0) is 53.6 Å². The molecule has 9 nitrogen and oxygen atoms in total. The smallest absolute Gasteiger partial charge is 0.173 e. The molecule has 5 rings (SSSR count). The van der Waals surface area contributed by atoms with Gasteiger partial charge in [-0.15, -0.1) is 5.10 Å². The lowest BCUT2D eigenvalue weighted by atomic mass is 10.0. The summed E-state index contributed by atoms with van der Waals surface area (Å²) in [5, 5.41) is 12.9. The number of para-hydroxylation sites is 1. The van der Waals surface area contributed by atoms with E-state index < -0.39 is 0 Å². The number of ether oxygens (including phenoxy) is 3. The van der Waals surface area contributed by atoms with E-state index in [1.165, 1.54) is 5.69 Å². The van der Waals surface area contributed by atoms with E-state index in [0.29, 0.717) is 6.54 Å². The molecule has 2 fully saturated rings. The number of piperazine rings is 1. The first-order chi connectivity index (χ1) is 16.8. The van der Waals surface area contributed by atoms with Crippen LogP contribution in [0.4, 0.5) is 5.69 Å². The highest BCUT2D eigenvalue weighted by atomic mass is 16.5. The molecule has 2 aliphatic heterocycles. The minimum absolute atomic E-state index is 0.106. The van der Waals surface area contributed by atoms with E-state index in [4.69, 9.17) is 14.2 Å². The Morgan fingerprint density at radius 2 is 1.79 bits per heavy atom. The number of rotatable bonds is 8. The van der Waals surface area contributed by atoms with Gasteiger partial charge in [-0.2, -0.15) is 0 Å². The van der Waals surface area contributed by atoms with Crippen molar-refractivity contribution in [3.8, 4) is 11.5 Å². The summed E-state index contributed by atoms with van der Waals surface area (Å²) in [7, 11) is 3.41. The number of methoxy groups -OCH3 is 2. The summed E-state index contributed by atoms with van der Waals surface area (Å²) in [6.45, 7) is 5.05. The molecule has 0 bridgehead atoms. The van der Waals surface area contributed by atoms with Crippen LogP contribution in [0, 0.1) is 0 Å². The van der Waals surface area contributed by atoms with Gasteiger partial charge in [0, 0.05) is 44.0 Å². The summed E-state index contributed by atoms with van der Waals surface area (Å²) in [6, 6.07) is 16.3. The molecule has 2 aliphatic rings. The largest absolute Gasteiger partial charge is 0.497 e. The van der Waals surface area contributed by atoms with Gasteiger partial charge in [0.05, 0.1) is 26.9 Å². The Morgan fingerprint density at radius 3 is 2.50 bits per heavy atom. The van der Waals surface area contributed by atoms with Crippen molar-refractivity contribution in [2.75, 3.05) is 51.9 Å². The third-order valence-corrected chi connectivity index (χ3v) is 6.76. The minimum Gasteiger partial charge on any atom is -0.497 e. The molecule has 9 heteroatoms.